The first-order valence-corrected chi connectivity index (χ1v) is 29.4. The van der Waals surface area contributed by atoms with Crippen LogP contribution in [0.4, 0.5) is 0 Å². The summed E-state index contributed by atoms with van der Waals surface area (Å²) in [6, 6.07) is 0. The molecule has 1 atom stereocenters. The highest BCUT2D eigenvalue weighted by Gasteiger charge is 2.19. The number of ether oxygens (including phenoxy) is 3. The summed E-state index contributed by atoms with van der Waals surface area (Å²) in [5, 5.41) is 0. The molecule has 0 bridgehead atoms. The summed E-state index contributed by atoms with van der Waals surface area (Å²) >= 11 is 0. The maximum atomic E-state index is 12.9. The van der Waals surface area contributed by atoms with Gasteiger partial charge in [-0.15, -0.1) is 0 Å². The molecule has 0 heterocycles. The number of rotatable bonds is 50. The second kappa shape index (κ2) is 61.1. The van der Waals surface area contributed by atoms with Crippen LogP contribution < -0.4 is 0 Å². The van der Waals surface area contributed by atoms with Crippen molar-refractivity contribution in [3.63, 3.8) is 0 Å². The summed E-state index contributed by atoms with van der Waals surface area (Å²) in [4.78, 5) is 38.3. The molecular formula is C69H104O6. The van der Waals surface area contributed by atoms with Crippen molar-refractivity contribution in [1.82, 2.24) is 0 Å². The van der Waals surface area contributed by atoms with Crippen LogP contribution in [0.5, 0.6) is 0 Å². The Labute approximate surface area is 459 Å². The molecule has 75 heavy (non-hydrogen) atoms. The van der Waals surface area contributed by atoms with E-state index in [1.54, 1.807) is 0 Å². The van der Waals surface area contributed by atoms with Crippen molar-refractivity contribution in [3.05, 3.63) is 182 Å². The molecule has 0 aromatic heterocycles. The third-order valence-corrected chi connectivity index (χ3v) is 11.6. The Balaban J connectivity index is 4.60. The quantitative estimate of drug-likeness (QED) is 0.0199. The Hall–Kier alpha value is -5.49. The van der Waals surface area contributed by atoms with Crippen molar-refractivity contribution in [2.24, 2.45) is 0 Å². The van der Waals surface area contributed by atoms with Gasteiger partial charge in [-0.25, -0.2) is 0 Å². The number of hydrogen-bond donors (Lipinski definition) is 0. The Morgan fingerprint density at radius 3 is 0.920 bits per heavy atom. The lowest BCUT2D eigenvalue weighted by Crippen LogP contribution is -2.30. The van der Waals surface area contributed by atoms with Gasteiger partial charge in [0, 0.05) is 19.3 Å². The molecular weight excluding hydrogens is 925 g/mol. The van der Waals surface area contributed by atoms with Crippen LogP contribution >= 0.6 is 0 Å². The number of carbonyl (C=O) groups excluding carboxylic acids is 3. The van der Waals surface area contributed by atoms with E-state index in [9.17, 15) is 14.4 Å². The summed E-state index contributed by atoms with van der Waals surface area (Å²) in [5.74, 6) is -1.01. The van der Waals surface area contributed by atoms with Crippen LogP contribution in [0.3, 0.4) is 0 Å². The van der Waals surface area contributed by atoms with Gasteiger partial charge in [-0.2, -0.15) is 0 Å². The fourth-order valence-corrected chi connectivity index (χ4v) is 7.29. The van der Waals surface area contributed by atoms with Gasteiger partial charge in [0.15, 0.2) is 6.10 Å². The van der Waals surface area contributed by atoms with Gasteiger partial charge in [0.05, 0.1) is 0 Å². The van der Waals surface area contributed by atoms with Crippen LogP contribution in [-0.4, -0.2) is 37.2 Å². The SMILES string of the molecule is CC\C=C/C=C\C=C/C=C\C=C\C=C/C=C\CCCCCC(=O)OCC(COC(=O)CCCCCCCCCCC/C=C\C/C=C\C/C=C\CC)OC(=O)CCCCC/C=C\C/C=C\C/C=C\C/C=C\C/C=C\CC. The molecule has 0 aliphatic rings. The Morgan fingerprint density at radius 2 is 0.547 bits per heavy atom. The van der Waals surface area contributed by atoms with Gasteiger partial charge < -0.3 is 14.2 Å². The fraction of sp³-hybridized carbons (Fsp3) is 0.522. The van der Waals surface area contributed by atoms with Crippen LogP contribution in [-0.2, 0) is 28.6 Å². The minimum atomic E-state index is -0.830. The normalized spacial score (nSPS) is 13.5. The topological polar surface area (TPSA) is 78.9 Å². The van der Waals surface area contributed by atoms with E-state index in [4.69, 9.17) is 14.2 Å². The smallest absolute Gasteiger partial charge is 0.306 e. The van der Waals surface area contributed by atoms with Crippen LogP contribution in [0.1, 0.15) is 213 Å². The van der Waals surface area contributed by atoms with E-state index in [2.05, 4.69) is 130 Å². The first kappa shape index (κ1) is 69.5. The highest BCUT2D eigenvalue weighted by Crippen LogP contribution is 2.14. The van der Waals surface area contributed by atoms with Gasteiger partial charge in [-0.1, -0.05) is 261 Å². The lowest BCUT2D eigenvalue weighted by atomic mass is 10.1. The van der Waals surface area contributed by atoms with Crippen LogP contribution in [0, 0.1) is 0 Å². The van der Waals surface area contributed by atoms with Crippen molar-refractivity contribution in [2.45, 2.75) is 219 Å². The first-order chi connectivity index (χ1) is 37.0. The Bertz CT molecular complexity index is 1800. The average Bonchev–Trinajstić information content (AvgIpc) is 3.41. The zero-order chi connectivity index (χ0) is 54.3. The monoisotopic (exact) mass is 1030 g/mol. The second-order valence-electron chi connectivity index (χ2n) is 18.6. The molecule has 0 aromatic rings. The highest BCUT2D eigenvalue weighted by atomic mass is 16.6. The molecule has 0 rings (SSSR count). The molecule has 0 aliphatic heterocycles. The van der Waals surface area contributed by atoms with E-state index in [1.165, 1.54) is 38.5 Å². The van der Waals surface area contributed by atoms with Crippen LogP contribution in [0.15, 0.2) is 182 Å². The van der Waals surface area contributed by atoms with Gasteiger partial charge in [0.2, 0.25) is 0 Å². The molecule has 0 N–H and O–H groups in total. The Kier molecular flexibility index (Phi) is 56.6. The van der Waals surface area contributed by atoms with Crippen LogP contribution in [0.25, 0.3) is 0 Å². The lowest BCUT2D eigenvalue weighted by Gasteiger charge is -2.18. The van der Waals surface area contributed by atoms with E-state index in [0.717, 1.165) is 122 Å². The minimum absolute atomic E-state index is 0.119. The standard InChI is InChI=1S/C69H104O6/c1-4-7-10-13-16-19-22-25-28-31-34-37-40-43-46-49-52-55-58-61-67(70)73-64-66(75-69(72)63-60-57-54-51-48-45-42-39-36-33-30-27-24-21-18-15-12-9-6-3)65-74-68(71)62-59-56-53-50-47-44-41-38-35-32-29-26-23-20-17-14-11-8-5-2/h7-13,16-22,25-31,34,36-37,39-40,43,45-46,48,66H,4-6,14-15,23-24,32-33,35,38,41-42,44,47,49-65H2,1-3H3/b10-7-,11-8-,12-9-,16-13-,20-17-,21-18-,22-19-,28-25-,29-26-,30-27-,34-31+,39-36-,40-37-,46-43-,48-45-. The molecule has 0 radical (unpaired) electrons. The summed E-state index contributed by atoms with van der Waals surface area (Å²) in [6.07, 6.45) is 91.6. The summed E-state index contributed by atoms with van der Waals surface area (Å²) in [5.41, 5.74) is 0. The van der Waals surface area contributed by atoms with E-state index < -0.39 is 6.10 Å². The second-order valence-corrected chi connectivity index (χ2v) is 18.6. The molecule has 0 amide bonds. The summed E-state index contributed by atoms with van der Waals surface area (Å²) in [7, 11) is 0. The Morgan fingerprint density at radius 1 is 0.280 bits per heavy atom. The van der Waals surface area contributed by atoms with Crippen LogP contribution in [0.2, 0.25) is 0 Å². The van der Waals surface area contributed by atoms with Crippen molar-refractivity contribution in [3.8, 4) is 0 Å². The molecule has 0 aromatic carbocycles. The third-order valence-electron chi connectivity index (χ3n) is 11.6. The molecule has 0 spiro atoms. The predicted octanol–water partition coefficient (Wildman–Crippen LogP) is 20.1. The molecule has 416 valence electrons. The van der Waals surface area contributed by atoms with Crippen molar-refractivity contribution in [2.75, 3.05) is 13.2 Å². The fourth-order valence-electron chi connectivity index (χ4n) is 7.29. The van der Waals surface area contributed by atoms with Crippen molar-refractivity contribution >= 4 is 17.9 Å². The molecule has 6 heteroatoms. The van der Waals surface area contributed by atoms with Crippen molar-refractivity contribution in [1.29, 1.82) is 0 Å². The molecule has 0 aliphatic carbocycles. The van der Waals surface area contributed by atoms with Crippen molar-refractivity contribution < 1.29 is 28.6 Å². The maximum absolute atomic E-state index is 12.9. The molecule has 0 saturated carbocycles. The van der Waals surface area contributed by atoms with E-state index >= 15 is 0 Å². The van der Waals surface area contributed by atoms with E-state index in [0.29, 0.717) is 19.3 Å². The third kappa shape index (κ3) is 59.3. The lowest BCUT2D eigenvalue weighted by molar-refractivity contribution is -0.167. The average molecular weight is 1030 g/mol. The number of carbonyl (C=O) groups is 3. The number of hydrogen-bond acceptors (Lipinski definition) is 6. The molecule has 0 fully saturated rings. The number of esters is 3. The maximum Gasteiger partial charge on any atom is 0.306 e. The zero-order valence-corrected chi connectivity index (χ0v) is 47.5. The largest absolute Gasteiger partial charge is 0.462 e. The molecule has 0 saturated heterocycles. The van der Waals surface area contributed by atoms with Gasteiger partial charge in [0.25, 0.3) is 0 Å². The molecule has 1 unspecified atom stereocenters. The predicted molar refractivity (Wildman–Crippen MR) is 324 cm³/mol. The summed E-state index contributed by atoms with van der Waals surface area (Å²) in [6.45, 7) is 6.18. The highest BCUT2D eigenvalue weighted by molar-refractivity contribution is 5.71. The minimum Gasteiger partial charge on any atom is -0.462 e. The van der Waals surface area contributed by atoms with Gasteiger partial charge in [-0.05, 0) is 116 Å². The summed E-state index contributed by atoms with van der Waals surface area (Å²) < 4.78 is 16.8. The number of unbranched alkanes of at least 4 members (excludes halogenated alkanes) is 15. The number of allylic oxidation sites excluding steroid dienone is 30. The zero-order valence-electron chi connectivity index (χ0n) is 47.5. The molecule has 6 nitrogen and oxygen atoms in total. The van der Waals surface area contributed by atoms with E-state index in [1.807, 2.05) is 72.9 Å². The van der Waals surface area contributed by atoms with Gasteiger partial charge in [0.1, 0.15) is 13.2 Å². The van der Waals surface area contributed by atoms with Gasteiger partial charge >= 0.3 is 17.9 Å². The van der Waals surface area contributed by atoms with Gasteiger partial charge in [-0.3, -0.25) is 14.4 Å². The van der Waals surface area contributed by atoms with E-state index in [-0.39, 0.29) is 44.0 Å². The first-order valence-electron chi connectivity index (χ1n) is 29.4.